The molecule has 0 amide bonds. The molecule has 0 fully saturated rings. The minimum Gasteiger partial charge on any atom is -0.455 e. The second kappa shape index (κ2) is 14.3. The Morgan fingerprint density at radius 1 is 0.333 bits per heavy atom. The Hall–Kier alpha value is -7.94. The number of hydrogen-bond acceptors (Lipinski definition) is 2. The summed E-state index contributed by atoms with van der Waals surface area (Å²) in [4.78, 5) is 2.48. The first-order chi connectivity index (χ1) is 32.2. The summed E-state index contributed by atoms with van der Waals surface area (Å²) in [5.74, 6) is 0. The van der Waals surface area contributed by atoms with Crippen LogP contribution in [0.25, 0.3) is 88.3 Å². The van der Waals surface area contributed by atoms with Gasteiger partial charge in [-0.3, -0.25) is 0 Å². The molecule has 0 saturated carbocycles. The largest absolute Gasteiger partial charge is 0.455 e. The molecule has 0 radical (unpaired) electrons. The molecule has 0 atom stereocenters. The first-order valence-corrected chi connectivity index (χ1v) is 23.2. The fourth-order valence-corrected chi connectivity index (χ4v) is 11.5. The summed E-state index contributed by atoms with van der Waals surface area (Å²) >= 11 is 0. The molecule has 2 nitrogen and oxygen atoms in total. The first-order valence-electron chi connectivity index (χ1n) is 23.2. The Balaban J connectivity index is 0.980. The van der Waals surface area contributed by atoms with E-state index in [2.05, 4.69) is 245 Å². The van der Waals surface area contributed by atoms with Gasteiger partial charge in [-0.05, 0) is 126 Å². The zero-order valence-electron chi connectivity index (χ0n) is 37.6. The fraction of sp³-hybridized carbons (Fsp3) is 0.0938. The molecule has 0 spiro atoms. The number of rotatable bonds is 6. The van der Waals surface area contributed by atoms with Gasteiger partial charge >= 0.3 is 0 Å². The maximum atomic E-state index is 6.68. The minimum atomic E-state index is -0.139. The molecule has 0 unspecified atom stereocenters. The molecule has 2 heteroatoms. The lowest BCUT2D eigenvalue weighted by Gasteiger charge is -2.30. The molecule has 10 aromatic carbocycles. The summed E-state index contributed by atoms with van der Waals surface area (Å²) in [5, 5.41) is 4.74. The summed E-state index contributed by atoms with van der Waals surface area (Å²) in [5.41, 5.74) is 22.6. The Kier molecular flexibility index (Phi) is 8.33. The molecule has 66 heavy (non-hydrogen) atoms. The zero-order valence-corrected chi connectivity index (χ0v) is 37.6. The molecule has 0 N–H and O–H groups in total. The maximum Gasteiger partial charge on any atom is 0.143 e. The van der Waals surface area contributed by atoms with Gasteiger partial charge < -0.3 is 9.32 Å². The van der Waals surface area contributed by atoms with Crippen molar-refractivity contribution >= 4 is 49.8 Å². The predicted molar refractivity (Wildman–Crippen MR) is 277 cm³/mol. The highest BCUT2D eigenvalue weighted by molar-refractivity contribution is 6.20. The molecular weight excluding hydrogens is 799 g/mol. The van der Waals surface area contributed by atoms with Crippen molar-refractivity contribution in [2.24, 2.45) is 0 Å². The molecular formula is C64H47NO. The highest BCUT2D eigenvalue weighted by Gasteiger charge is 2.38. The number of hydrogen-bond donors (Lipinski definition) is 0. The maximum absolute atomic E-state index is 6.68. The Morgan fingerprint density at radius 2 is 0.818 bits per heavy atom. The first kappa shape index (κ1) is 38.5. The predicted octanol–water partition coefficient (Wildman–Crippen LogP) is 17.8. The lowest BCUT2D eigenvalue weighted by atomic mass is 9.82. The van der Waals surface area contributed by atoms with E-state index >= 15 is 0 Å². The Morgan fingerprint density at radius 3 is 1.47 bits per heavy atom. The van der Waals surface area contributed by atoms with E-state index in [4.69, 9.17) is 4.42 Å². The molecule has 2 aliphatic carbocycles. The molecule has 13 rings (SSSR count). The third-order valence-corrected chi connectivity index (χ3v) is 14.9. The van der Waals surface area contributed by atoms with Crippen LogP contribution in [0, 0.1) is 0 Å². The monoisotopic (exact) mass is 845 g/mol. The molecule has 1 heterocycles. The van der Waals surface area contributed by atoms with Gasteiger partial charge in [0.1, 0.15) is 11.2 Å². The van der Waals surface area contributed by atoms with E-state index < -0.39 is 0 Å². The number of fused-ring (bicyclic) bond motifs is 11. The Labute approximate surface area is 386 Å². The molecule has 11 aromatic rings. The van der Waals surface area contributed by atoms with Gasteiger partial charge in [0.25, 0.3) is 0 Å². The Bertz CT molecular complexity index is 3650. The molecule has 1 aromatic heterocycles. The van der Waals surface area contributed by atoms with Crippen LogP contribution in [0.4, 0.5) is 17.1 Å². The zero-order chi connectivity index (χ0) is 44.3. The number of nitrogens with zero attached hydrogens (tertiary/aromatic N) is 1. The van der Waals surface area contributed by atoms with Crippen molar-refractivity contribution < 1.29 is 4.42 Å². The summed E-state index contributed by atoms with van der Waals surface area (Å²) in [7, 11) is 0. The van der Waals surface area contributed by atoms with Gasteiger partial charge in [0.2, 0.25) is 0 Å². The van der Waals surface area contributed by atoms with Crippen LogP contribution in [0.5, 0.6) is 0 Å². The quantitative estimate of drug-likeness (QED) is 0.166. The summed E-state index contributed by atoms with van der Waals surface area (Å²) < 4.78 is 6.68. The number of furan rings is 1. The second-order valence-corrected chi connectivity index (χ2v) is 19.3. The highest BCUT2D eigenvalue weighted by Crippen LogP contribution is 2.54. The molecule has 0 aliphatic heterocycles. The van der Waals surface area contributed by atoms with Crippen molar-refractivity contribution in [2.45, 2.75) is 38.5 Å². The summed E-state index contributed by atoms with van der Waals surface area (Å²) in [6.07, 6.45) is 0. The average Bonchev–Trinajstić information content (AvgIpc) is 3.94. The van der Waals surface area contributed by atoms with E-state index in [0.717, 1.165) is 50.3 Å². The van der Waals surface area contributed by atoms with E-state index in [-0.39, 0.29) is 10.8 Å². The minimum absolute atomic E-state index is 0.139. The third-order valence-electron chi connectivity index (χ3n) is 14.9. The summed E-state index contributed by atoms with van der Waals surface area (Å²) in [6, 6.07) is 78.4. The normalized spacial score (nSPS) is 14.0. The fourth-order valence-electron chi connectivity index (χ4n) is 11.5. The number of para-hydroxylation sites is 1. The van der Waals surface area contributed by atoms with Crippen molar-refractivity contribution in [2.75, 3.05) is 4.90 Å². The van der Waals surface area contributed by atoms with Crippen LogP contribution in [-0.2, 0) is 10.8 Å². The molecule has 2 aliphatic rings. The van der Waals surface area contributed by atoms with Crippen molar-refractivity contribution in [3.63, 3.8) is 0 Å². The second-order valence-electron chi connectivity index (χ2n) is 19.3. The third kappa shape index (κ3) is 5.67. The molecule has 0 saturated heterocycles. The van der Waals surface area contributed by atoms with Gasteiger partial charge in [0, 0.05) is 44.2 Å². The van der Waals surface area contributed by atoms with E-state index in [9.17, 15) is 0 Å². The van der Waals surface area contributed by atoms with Crippen LogP contribution in [0.15, 0.2) is 217 Å². The van der Waals surface area contributed by atoms with Gasteiger partial charge in [-0.15, -0.1) is 0 Å². The van der Waals surface area contributed by atoms with Crippen LogP contribution < -0.4 is 4.90 Å². The van der Waals surface area contributed by atoms with Gasteiger partial charge in [-0.2, -0.15) is 0 Å². The van der Waals surface area contributed by atoms with Crippen LogP contribution in [0.3, 0.4) is 0 Å². The smallest absolute Gasteiger partial charge is 0.143 e. The number of anilines is 3. The topological polar surface area (TPSA) is 16.4 Å². The van der Waals surface area contributed by atoms with Crippen molar-refractivity contribution in [3.05, 3.63) is 235 Å². The van der Waals surface area contributed by atoms with E-state index in [1.165, 1.54) is 77.4 Å². The van der Waals surface area contributed by atoms with Gasteiger partial charge in [-0.25, -0.2) is 0 Å². The van der Waals surface area contributed by atoms with Crippen LogP contribution in [-0.4, -0.2) is 0 Å². The van der Waals surface area contributed by atoms with Crippen LogP contribution in [0.1, 0.15) is 49.9 Å². The van der Waals surface area contributed by atoms with E-state index in [1.807, 2.05) is 0 Å². The van der Waals surface area contributed by atoms with Crippen LogP contribution in [0.2, 0.25) is 0 Å². The van der Waals surface area contributed by atoms with Gasteiger partial charge in [0.15, 0.2) is 0 Å². The van der Waals surface area contributed by atoms with Crippen molar-refractivity contribution in [3.8, 4) is 55.6 Å². The van der Waals surface area contributed by atoms with Crippen molar-refractivity contribution in [1.29, 1.82) is 0 Å². The van der Waals surface area contributed by atoms with Gasteiger partial charge in [0.05, 0.1) is 0 Å². The van der Waals surface area contributed by atoms with Gasteiger partial charge in [-0.1, -0.05) is 198 Å². The SMILES string of the molecule is CC1(C)c2ccccc2-c2ccc(N(c3ccc(-c4ccccc4)c(-c4ccc(-c5cccc6c5oc5ccc7ccccc7c56)cc4)c3)c3ccc4c(c3)C(C)(C)c3ccccc3-4)cc21. The van der Waals surface area contributed by atoms with E-state index in [0.29, 0.717) is 0 Å². The summed E-state index contributed by atoms with van der Waals surface area (Å²) in [6.45, 7) is 9.48. The van der Waals surface area contributed by atoms with E-state index in [1.54, 1.807) is 0 Å². The molecule has 0 bridgehead atoms. The lowest BCUT2D eigenvalue weighted by molar-refractivity contribution is 0.660. The standard InChI is InChI=1S/C64H47NO/c1-63(2)56-23-12-10-19-50(56)52-34-31-45(38-58(52)63)65(46-32-35-53-51-20-11-13-24-57(51)64(3,4)59(53)39-46)44-30-33-47(40-15-6-5-7-16-40)55(37-44)43-27-25-42(26-28-43)49-21-14-22-54-61-48-18-9-8-17-41(48)29-36-60(61)66-62(49)54/h5-39H,1-4H3. The number of benzene rings is 10. The highest BCUT2D eigenvalue weighted by atomic mass is 16.3. The lowest BCUT2D eigenvalue weighted by Crippen LogP contribution is -2.18. The van der Waals surface area contributed by atoms with Crippen LogP contribution >= 0.6 is 0 Å². The van der Waals surface area contributed by atoms with Crippen molar-refractivity contribution in [1.82, 2.24) is 0 Å². The average molecular weight is 846 g/mol. The molecule has 314 valence electrons.